The standard InChI is InChI=1S/C65H42OS/c1-4-15-42(16-5-1)45-31-33-48(34-32-45)63(57-25-14-24-56-55-23-12-13-26-62(55)67-65(56)57)59-39-54(41-61-64(59)58-38-49-21-10-11-22-50(49)40-60(58)66-61)47-29-27-46(28-30-47)53-36-51(43-17-6-2-7-18-43)35-52(37-53)44-19-8-3-9-20-44/h1-41,63H. The molecule has 0 amide bonds. The van der Waals surface area contributed by atoms with E-state index in [1.54, 1.807) is 0 Å². The third-order valence-electron chi connectivity index (χ3n) is 13.6. The van der Waals surface area contributed by atoms with Gasteiger partial charge in [0.2, 0.25) is 0 Å². The number of fused-ring (bicyclic) bond motifs is 7. The number of benzene rings is 11. The van der Waals surface area contributed by atoms with Crippen LogP contribution in [-0.2, 0) is 0 Å². The van der Waals surface area contributed by atoms with E-state index in [1.807, 2.05) is 11.3 Å². The van der Waals surface area contributed by atoms with Crippen molar-refractivity contribution in [3.63, 3.8) is 0 Å². The van der Waals surface area contributed by atoms with Crippen LogP contribution in [0.2, 0.25) is 0 Å². The van der Waals surface area contributed by atoms with Crippen molar-refractivity contribution in [2.24, 2.45) is 0 Å². The Hall–Kier alpha value is -8.30. The van der Waals surface area contributed by atoms with Gasteiger partial charge in [-0.25, -0.2) is 0 Å². The Kier molecular flexibility index (Phi) is 9.51. The van der Waals surface area contributed by atoms with Crippen molar-refractivity contribution in [3.05, 3.63) is 265 Å². The summed E-state index contributed by atoms with van der Waals surface area (Å²) >= 11 is 1.89. The van der Waals surface area contributed by atoms with Crippen molar-refractivity contribution in [1.82, 2.24) is 0 Å². The highest BCUT2D eigenvalue weighted by atomic mass is 32.1. The Morgan fingerprint density at radius 3 is 1.40 bits per heavy atom. The summed E-state index contributed by atoms with van der Waals surface area (Å²) in [7, 11) is 0. The normalized spacial score (nSPS) is 12.1. The van der Waals surface area contributed by atoms with Crippen molar-refractivity contribution < 1.29 is 4.42 Å². The minimum atomic E-state index is -0.104. The molecule has 11 aromatic carbocycles. The summed E-state index contributed by atoms with van der Waals surface area (Å²) in [5.74, 6) is -0.104. The zero-order valence-corrected chi connectivity index (χ0v) is 37.4. The van der Waals surface area contributed by atoms with Gasteiger partial charge in [-0.05, 0) is 132 Å². The monoisotopic (exact) mass is 870 g/mol. The van der Waals surface area contributed by atoms with Crippen molar-refractivity contribution in [2.45, 2.75) is 5.92 Å². The van der Waals surface area contributed by atoms with Crippen LogP contribution in [0.4, 0.5) is 0 Å². The molecule has 0 aliphatic carbocycles. The molecular formula is C65H42OS. The van der Waals surface area contributed by atoms with Crippen LogP contribution in [-0.4, -0.2) is 0 Å². The van der Waals surface area contributed by atoms with Gasteiger partial charge in [0.25, 0.3) is 0 Å². The van der Waals surface area contributed by atoms with Crippen LogP contribution < -0.4 is 0 Å². The number of hydrogen-bond donors (Lipinski definition) is 0. The minimum Gasteiger partial charge on any atom is -0.456 e. The maximum absolute atomic E-state index is 7.00. The second-order valence-electron chi connectivity index (χ2n) is 17.6. The third kappa shape index (κ3) is 7.02. The lowest BCUT2D eigenvalue weighted by Crippen LogP contribution is -2.05. The van der Waals surface area contributed by atoms with E-state index in [9.17, 15) is 0 Å². The van der Waals surface area contributed by atoms with Crippen LogP contribution in [0.1, 0.15) is 22.6 Å². The molecule has 0 saturated carbocycles. The van der Waals surface area contributed by atoms with Gasteiger partial charge in [-0.2, -0.15) is 0 Å². The molecule has 1 nitrogen and oxygen atoms in total. The highest BCUT2D eigenvalue weighted by molar-refractivity contribution is 7.26. The summed E-state index contributed by atoms with van der Waals surface area (Å²) in [6, 6.07) is 91.0. The summed E-state index contributed by atoms with van der Waals surface area (Å²) in [4.78, 5) is 0. The molecule has 0 aliphatic rings. The Labute approximate surface area is 393 Å². The van der Waals surface area contributed by atoms with Crippen LogP contribution in [0, 0.1) is 0 Å². The van der Waals surface area contributed by atoms with Crippen molar-refractivity contribution >= 4 is 64.2 Å². The Bertz CT molecular complexity index is 3880. The van der Waals surface area contributed by atoms with E-state index in [0.29, 0.717) is 0 Å². The van der Waals surface area contributed by atoms with Gasteiger partial charge in [0, 0.05) is 36.9 Å². The minimum absolute atomic E-state index is 0.104. The van der Waals surface area contributed by atoms with Gasteiger partial charge in [0.15, 0.2) is 0 Å². The molecule has 0 bridgehead atoms. The van der Waals surface area contributed by atoms with Gasteiger partial charge in [0.1, 0.15) is 11.2 Å². The first-order valence-corrected chi connectivity index (χ1v) is 23.8. The molecule has 2 aromatic heterocycles. The largest absolute Gasteiger partial charge is 0.456 e. The second kappa shape index (κ2) is 16.3. The highest BCUT2D eigenvalue weighted by Gasteiger charge is 2.27. The van der Waals surface area contributed by atoms with E-state index in [0.717, 1.165) is 33.1 Å². The SMILES string of the molecule is c1ccc(-c2ccc(C(c3cccc4c3sc3ccccc34)c3cc(-c4ccc(-c5cc(-c6ccccc6)cc(-c6ccccc6)c5)cc4)cc4oc5cc6ccccc6cc5c34)cc2)cc1. The molecule has 1 atom stereocenters. The van der Waals surface area contributed by atoms with E-state index in [4.69, 9.17) is 4.42 Å². The first kappa shape index (κ1) is 39.1. The summed E-state index contributed by atoms with van der Waals surface area (Å²) in [5.41, 5.74) is 17.4. The van der Waals surface area contributed by atoms with E-state index in [1.165, 1.54) is 92.1 Å². The lowest BCUT2D eigenvalue weighted by atomic mass is 9.81. The van der Waals surface area contributed by atoms with Crippen LogP contribution in [0.5, 0.6) is 0 Å². The van der Waals surface area contributed by atoms with Crippen molar-refractivity contribution in [3.8, 4) is 55.6 Å². The van der Waals surface area contributed by atoms with Crippen molar-refractivity contribution in [2.75, 3.05) is 0 Å². The molecule has 0 fully saturated rings. The van der Waals surface area contributed by atoms with E-state index in [-0.39, 0.29) is 5.92 Å². The van der Waals surface area contributed by atoms with Crippen LogP contribution >= 0.6 is 11.3 Å². The molecule has 2 heterocycles. The summed E-state index contributed by atoms with van der Waals surface area (Å²) in [5, 5.41) is 7.25. The fourth-order valence-corrected chi connectivity index (χ4v) is 11.5. The van der Waals surface area contributed by atoms with E-state index in [2.05, 4.69) is 249 Å². The van der Waals surface area contributed by atoms with Gasteiger partial charge >= 0.3 is 0 Å². The molecule has 0 N–H and O–H groups in total. The molecule has 2 heteroatoms. The first-order valence-electron chi connectivity index (χ1n) is 23.0. The lowest BCUT2D eigenvalue weighted by Gasteiger charge is -2.22. The second-order valence-corrected chi connectivity index (χ2v) is 18.6. The van der Waals surface area contributed by atoms with E-state index < -0.39 is 0 Å². The fraction of sp³-hybridized carbons (Fsp3) is 0.0154. The molecule has 0 radical (unpaired) electrons. The predicted octanol–water partition coefficient (Wildman–Crippen LogP) is 18.6. The summed E-state index contributed by atoms with van der Waals surface area (Å²) in [6.07, 6.45) is 0. The quantitative estimate of drug-likeness (QED) is 0.139. The number of hydrogen-bond acceptors (Lipinski definition) is 2. The highest BCUT2D eigenvalue weighted by Crippen LogP contribution is 2.48. The Morgan fingerprint density at radius 1 is 0.299 bits per heavy atom. The summed E-state index contributed by atoms with van der Waals surface area (Å²) in [6.45, 7) is 0. The number of rotatable bonds is 8. The number of thiophene rings is 1. The maximum atomic E-state index is 7.00. The van der Waals surface area contributed by atoms with Gasteiger partial charge in [-0.1, -0.05) is 200 Å². The van der Waals surface area contributed by atoms with Gasteiger partial charge in [-0.15, -0.1) is 11.3 Å². The number of furan rings is 1. The van der Waals surface area contributed by atoms with Crippen LogP contribution in [0.15, 0.2) is 253 Å². The average Bonchev–Trinajstić information content (AvgIpc) is 3.97. The zero-order chi connectivity index (χ0) is 44.3. The van der Waals surface area contributed by atoms with Crippen molar-refractivity contribution in [1.29, 1.82) is 0 Å². The molecule has 1 unspecified atom stereocenters. The topological polar surface area (TPSA) is 13.1 Å². The predicted molar refractivity (Wildman–Crippen MR) is 285 cm³/mol. The lowest BCUT2D eigenvalue weighted by molar-refractivity contribution is 0.669. The first-order chi connectivity index (χ1) is 33.2. The molecule has 67 heavy (non-hydrogen) atoms. The Balaban J connectivity index is 1.02. The maximum Gasteiger partial charge on any atom is 0.136 e. The molecule has 0 saturated heterocycles. The summed E-state index contributed by atoms with van der Waals surface area (Å²) < 4.78 is 9.62. The Morgan fingerprint density at radius 2 is 0.776 bits per heavy atom. The molecular weight excluding hydrogens is 829 g/mol. The molecule has 0 aliphatic heterocycles. The zero-order valence-electron chi connectivity index (χ0n) is 36.6. The van der Waals surface area contributed by atoms with Crippen LogP contribution in [0.25, 0.3) is 109 Å². The van der Waals surface area contributed by atoms with E-state index >= 15 is 0 Å². The molecule has 314 valence electrons. The third-order valence-corrected chi connectivity index (χ3v) is 14.8. The molecule has 0 spiro atoms. The molecule has 13 rings (SSSR count). The smallest absolute Gasteiger partial charge is 0.136 e. The van der Waals surface area contributed by atoms with Gasteiger partial charge in [-0.3, -0.25) is 0 Å². The van der Waals surface area contributed by atoms with Gasteiger partial charge < -0.3 is 4.42 Å². The molecule has 13 aromatic rings. The van der Waals surface area contributed by atoms with Gasteiger partial charge in [0.05, 0.1) is 0 Å². The fourth-order valence-electron chi connectivity index (χ4n) is 10.3. The average molecular weight is 871 g/mol. The van der Waals surface area contributed by atoms with Crippen LogP contribution in [0.3, 0.4) is 0 Å².